The Morgan fingerprint density at radius 1 is 1.16 bits per heavy atom. The zero-order valence-electron chi connectivity index (χ0n) is 12.5. The minimum atomic E-state index is -0.0157. The molecule has 3 heteroatoms. The van der Waals surface area contributed by atoms with Crippen molar-refractivity contribution in [2.24, 2.45) is 5.73 Å². The number of rotatable bonds is 3. The number of aromatic nitrogens is 2. The fraction of sp³-hybridized carbons (Fsp3) is 0.438. The Hall–Kier alpha value is -1.61. The average molecular weight is 257 g/mol. The van der Waals surface area contributed by atoms with Crippen LogP contribution in [0.4, 0.5) is 0 Å². The maximum Gasteiger partial charge on any atom is 0.0625 e. The van der Waals surface area contributed by atoms with Crippen LogP contribution in [0.2, 0.25) is 0 Å². The van der Waals surface area contributed by atoms with Gasteiger partial charge in [-0.25, -0.2) is 0 Å². The Morgan fingerprint density at radius 3 is 2.37 bits per heavy atom. The average Bonchev–Trinajstić information content (AvgIpc) is 2.57. The largest absolute Gasteiger partial charge is 0.322 e. The number of nitrogens with two attached hydrogens (primary N) is 1. The topological polar surface area (TPSA) is 43.8 Å². The number of nitrogens with zero attached hydrogens (tertiary/aromatic N) is 2. The van der Waals surface area contributed by atoms with E-state index in [9.17, 15) is 0 Å². The minimum absolute atomic E-state index is 0.0157. The van der Waals surface area contributed by atoms with Gasteiger partial charge < -0.3 is 5.73 Å². The van der Waals surface area contributed by atoms with E-state index in [1.54, 1.807) is 0 Å². The van der Waals surface area contributed by atoms with Crippen LogP contribution in [0.1, 0.15) is 39.7 Å². The number of hydrogen-bond donors (Lipinski definition) is 1. The summed E-state index contributed by atoms with van der Waals surface area (Å²) in [6.07, 6.45) is 0. The van der Waals surface area contributed by atoms with Gasteiger partial charge in [0.2, 0.25) is 0 Å². The number of hydrogen-bond acceptors (Lipinski definition) is 2. The monoisotopic (exact) mass is 257 g/mol. The Kier molecular flexibility index (Phi) is 3.76. The Bertz CT molecular complexity index is 596. The van der Waals surface area contributed by atoms with Crippen LogP contribution in [0.5, 0.6) is 0 Å². The van der Waals surface area contributed by atoms with Crippen LogP contribution in [-0.4, -0.2) is 9.78 Å². The first kappa shape index (κ1) is 13.8. The van der Waals surface area contributed by atoms with Crippen molar-refractivity contribution >= 4 is 0 Å². The fourth-order valence-corrected chi connectivity index (χ4v) is 2.49. The molecule has 0 amide bonds. The molecule has 0 saturated heterocycles. The summed E-state index contributed by atoms with van der Waals surface area (Å²) in [5.41, 5.74) is 13.6. The molecular weight excluding hydrogens is 234 g/mol. The molecule has 0 spiro atoms. The third kappa shape index (κ3) is 2.71. The highest BCUT2D eigenvalue weighted by Crippen LogP contribution is 2.20. The second-order valence-electron chi connectivity index (χ2n) is 5.44. The molecule has 1 aromatic carbocycles. The summed E-state index contributed by atoms with van der Waals surface area (Å²) in [5.74, 6) is 0. The molecule has 0 aliphatic rings. The Morgan fingerprint density at radius 2 is 1.84 bits per heavy atom. The van der Waals surface area contributed by atoms with Crippen LogP contribution < -0.4 is 5.73 Å². The van der Waals surface area contributed by atoms with Gasteiger partial charge in [-0.3, -0.25) is 4.68 Å². The molecule has 1 unspecified atom stereocenters. The molecule has 0 fully saturated rings. The lowest BCUT2D eigenvalue weighted by Crippen LogP contribution is -2.20. The van der Waals surface area contributed by atoms with Crippen LogP contribution in [-0.2, 0) is 6.54 Å². The molecule has 0 aliphatic heterocycles. The van der Waals surface area contributed by atoms with Crippen molar-refractivity contribution in [2.45, 2.75) is 47.2 Å². The van der Waals surface area contributed by atoms with Crippen molar-refractivity contribution in [1.29, 1.82) is 0 Å². The van der Waals surface area contributed by atoms with Gasteiger partial charge >= 0.3 is 0 Å². The van der Waals surface area contributed by atoms with Crippen LogP contribution >= 0.6 is 0 Å². The maximum absolute atomic E-state index is 6.35. The first-order valence-corrected chi connectivity index (χ1v) is 6.73. The second kappa shape index (κ2) is 5.17. The maximum atomic E-state index is 6.35. The van der Waals surface area contributed by atoms with E-state index in [0.717, 1.165) is 12.2 Å². The Balaban J connectivity index is 2.25. The molecule has 102 valence electrons. The van der Waals surface area contributed by atoms with Crippen molar-refractivity contribution in [3.63, 3.8) is 0 Å². The summed E-state index contributed by atoms with van der Waals surface area (Å²) in [7, 11) is 0. The minimum Gasteiger partial charge on any atom is -0.322 e. The van der Waals surface area contributed by atoms with E-state index < -0.39 is 0 Å². The van der Waals surface area contributed by atoms with E-state index in [1.165, 1.54) is 27.9 Å². The summed E-state index contributed by atoms with van der Waals surface area (Å²) < 4.78 is 2.02. The van der Waals surface area contributed by atoms with E-state index in [1.807, 2.05) is 11.6 Å². The SMILES string of the molecule is Cc1ccc(C(N)Cn2nc(C)c(C)c2C)c(C)c1. The van der Waals surface area contributed by atoms with Gasteiger partial charge in [-0.1, -0.05) is 23.8 Å². The molecular formula is C16H23N3. The van der Waals surface area contributed by atoms with E-state index >= 15 is 0 Å². The molecule has 1 heterocycles. The zero-order valence-corrected chi connectivity index (χ0v) is 12.5. The van der Waals surface area contributed by atoms with Crippen molar-refractivity contribution in [3.8, 4) is 0 Å². The first-order chi connectivity index (χ1) is 8.90. The predicted octanol–water partition coefficient (Wildman–Crippen LogP) is 3.13. The molecule has 0 bridgehead atoms. The molecule has 3 nitrogen and oxygen atoms in total. The van der Waals surface area contributed by atoms with Crippen molar-refractivity contribution in [3.05, 3.63) is 51.8 Å². The van der Waals surface area contributed by atoms with Gasteiger partial charge in [0.25, 0.3) is 0 Å². The van der Waals surface area contributed by atoms with Crippen LogP contribution in [0.15, 0.2) is 18.2 Å². The van der Waals surface area contributed by atoms with E-state index in [2.05, 4.69) is 51.0 Å². The lowest BCUT2D eigenvalue weighted by Gasteiger charge is -2.16. The molecule has 0 radical (unpaired) electrons. The van der Waals surface area contributed by atoms with Crippen molar-refractivity contribution in [2.75, 3.05) is 0 Å². The van der Waals surface area contributed by atoms with E-state index in [-0.39, 0.29) is 6.04 Å². The lowest BCUT2D eigenvalue weighted by molar-refractivity contribution is 0.513. The second-order valence-corrected chi connectivity index (χ2v) is 5.44. The zero-order chi connectivity index (χ0) is 14.2. The lowest BCUT2D eigenvalue weighted by atomic mass is 10.00. The van der Waals surface area contributed by atoms with Gasteiger partial charge in [-0.15, -0.1) is 0 Å². The summed E-state index contributed by atoms with van der Waals surface area (Å²) in [6.45, 7) is 11.2. The number of benzene rings is 1. The smallest absolute Gasteiger partial charge is 0.0625 e. The quantitative estimate of drug-likeness (QED) is 0.918. The summed E-state index contributed by atoms with van der Waals surface area (Å²) in [6, 6.07) is 6.42. The van der Waals surface area contributed by atoms with Crippen LogP contribution in [0.3, 0.4) is 0 Å². The van der Waals surface area contributed by atoms with Crippen LogP contribution in [0, 0.1) is 34.6 Å². The van der Waals surface area contributed by atoms with E-state index in [4.69, 9.17) is 5.73 Å². The molecule has 1 atom stereocenters. The van der Waals surface area contributed by atoms with Gasteiger partial charge in [0.1, 0.15) is 0 Å². The molecule has 2 rings (SSSR count). The normalized spacial score (nSPS) is 12.7. The summed E-state index contributed by atoms with van der Waals surface area (Å²) in [5, 5.41) is 4.56. The number of aryl methyl sites for hydroxylation is 3. The highest BCUT2D eigenvalue weighted by atomic mass is 15.3. The Labute approximate surface area is 115 Å². The summed E-state index contributed by atoms with van der Waals surface area (Å²) >= 11 is 0. The van der Waals surface area contributed by atoms with Gasteiger partial charge in [0.15, 0.2) is 0 Å². The highest BCUT2D eigenvalue weighted by Gasteiger charge is 2.13. The summed E-state index contributed by atoms with van der Waals surface area (Å²) in [4.78, 5) is 0. The van der Waals surface area contributed by atoms with Gasteiger partial charge in [0, 0.05) is 11.7 Å². The molecule has 0 saturated carbocycles. The third-order valence-corrected chi connectivity index (χ3v) is 3.94. The van der Waals surface area contributed by atoms with Crippen molar-refractivity contribution in [1.82, 2.24) is 9.78 Å². The van der Waals surface area contributed by atoms with E-state index in [0.29, 0.717) is 0 Å². The first-order valence-electron chi connectivity index (χ1n) is 6.73. The fourth-order valence-electron chi connectivity index (χ4n) is 2.49. The molecule has 2 N–H and O–H groups in total. The third-order valence-electron chi connectivity index (χ3n) is 3.94. The van der Waals surface area contributed by atoms with Gasteiger partial charge in [-0.05, 0) is 51.3 Å². The predicted molar refractivity (Wildman–Crippen MR) is 79.3 cm³/mol. The van der Waals surface area contributed by atoms with Crippen molar-refractivity contribution < 1.29 is 0 Å². The van der Waals surface area contributed by atoms with Gasteiger partial charge in [-0.2, -0.15) is 5.10 Å². The molecule has 19 heavy (non-hydrogen) atoms. The van der Waals surface area contributed by atoms with Gasteiger partial charge in [0.05, 0.1) is 12.2 Å². The molecule has 2 aromatic rings. The molecule has 0 aliphatic carbocycles. The molecule has 1 aromatic heterocycles. The highest BCUT2D eigenvalue weighted by molar-refractivity contribution is 5.32. The van der Waals surface area contributed by atoms with Crippen LogP contribution in [0.25, 0.3) is 0 Å². The standard InChI is InChI=1S/C16H23N3/c1-10-6-7-15(11(2)8-10)16(17)9-19-14(5)12(3)13(4)18-19/h6-8,16H,9,17H2,1-5H3.